The van der Waals surface area contributed by atoms with E-state index in [1.807, 2.05) is 114 Å². The molecule has 0 fully saturated rings. The summed E-state index contributed by atoms with van der Waals surface area (Å²) < 4.78 is 36.8. The summed E-state index contributed by atoms with van der Waals surface area (Å²) in [5.41, 5.74) is 27.6. The average molecular weight is 1900 g/mol. The van der Waals surface area contributed by atoms with Crippen LogP contribution < -0.4 is 0 Å². The van der Waals surface area contributed by atoms with Crippen LogP contribution in [-0.2, 0) is 0 Å². The van der Waals surface area contributed by atoms with E-state index < -0.39 is 0 Å². The molecule has 12 aromatic heterocycles. The van der Waals surface area contributed by atoms with E-state index in [2.05, 4.69) is 388 Å². The minimum atomic E-state index is 0.661. The van der Waals surface area contributed by atoms with Crippen molar-refractivity contribution in [1.82, 2.24) is 48.2 Å². The van der Waals surface area contributed by atoms with Crippen LogP contribution in [0.5, 0.6) is 0 Å². The summed E-state index contributed by atoms with van der Waals surface area (Å²) in [6.07, 6.45) is 0. The molecule has 15 heteroatoms. The van der Waals surface area contributed by atoms with Gasteiger partial charge in [-0.2, -0.15) is 0 Å². The summed E-state index contributed by atoms with van der Waals surface area (Å²) in [5.74, 6) is 4.43. The minimum Gasteiger partial charge on any atom is -0.456 e. The normalized spacial score (nSPS) is 11.9. The Morgan fingerprint density at radius 1 is 0.163 bits per heavy atom. The van der Waals surface area contributed by atoms with Crippen LogP contribution >= 0.6 is 11.3 Å². The fourth-order valence-electron chi connectivity index (χ4n) is 22.2. The quantitative estimate of drug-likeness (QED) is 0.122. The van der Waals surface area contributed by atoms with Crippen molar-refractivity contribution in [3.63, 3.8) is 0 Å². The Morgan fingerprint density at radius 2 is 0.517 bits per heavy atom. The Hall–Kier alpha value is -19.7. The smallest absolute Gasteiger partial charge is 0.162 e. The van der Waals surface area contributed by atoms with Gasteiger partial charge in [0.05, 0.1) is 61.2 Å². The van der Waals surface area contributed by atoms with Crippen LogP contribution in [0.1, 0.15) is 0 Å². The molecule has 0 aliphatic carbocycles. The zero-order valence-corrected chi connectivity index (χ0v) is 79.4. The van der Waals surface area contributed by atoms with Crippen molar-refractivity contribution >= 4 is 206 Å². The van der Waals surface area contributed by atoms with Crippen LogP contribution in [0.15, 0.2) is 491 Å². The van der Waals surface area contributed by atoms with Gasteiger partial charge in [0.2, 0.25) is 0 Å². The Bertz CT molecular complexity index is 11000. The standard InChI is InChI=1S/C46H28N4O.C46H27N3OS.C40H23N3O2/c1-3-13-29(14-4-1)46-47-37(30-23-26-42-36(27-30)33-18-9-12-22-41(33)51-42)28-43(48-46)50-39-21-11-8-19-35(39)44-40(50)25-24-34-32-17-7-10-20-38(32)49(45(34)44)31-15-5-2-6-16-31;1-2-11-28(12-3-1)29-13-10-14-31(23-29)46-47-38(30-21-22-42-36(24-30)33-16-5-8-19-41(33)50-42)27-45(48-46)49-39-18-7-4-15-32(39)35-26-44-37(25-40(35)49)34-17-6-9-20-43(34)51-44;1-2-10-24(11-3-1)40-41-32(25-18-19-29-27-13-5-8-16-35(27)44-37(29)20-25)23-39(42-40)43-33-15-7-4-12-26(33)30-22-38-31(21-34(30)43)28-14-6-9-17-36(28)45-38/h1-28H;1-27H;1-23H. The predicted octanol–water partition coefficient (Wildman–Crippen LogP) is 35.5. The van der Waals surface area contributed by atoms with E-state index in [1.165, 1.54) is 63.5 Å². The second-order valence-electron chi connectivity index (χ2n) is 37.4. The average Bonchev–Trinajstić information content (AvgIpc) is 1.54. The molecule has 0 bridgehead atoms. The molecule has 32 aromatic rings. The number of aromatic nitrogens is 10. The van der Waals surface area contributed by atoms with Gasteiger partial charge in [-0.1, -0.05) is 303 Å². The third-order valence-electron chi connectivity index (χ3n) is 29.0. The van der Waals surface area contributed by atoms with Crippen LogP contribution in [0.25, 0.3) is 297 Å². The number of thiophene rings is 1. The molecular weight excluding hydrogens is 1820 g/mol. The summed E-state index contributed by atoms with van der Waals surface area (Å²) in [7, 11) is 0. The van der Waals surface area contributed by atoms with E-state index in [4.69, 9.17) is 47.6 Å². The lowest BCUT2D eigenvalue weighted by Crippen LogP contribution is -2.02. The molecule has 147 heavy (non-hydrogen) atoms. The number of hydrogen-bond donors (Lipinski definition) is 0. The van der Waals surface area contributed by atoms with Crippen molar-refractivity contribution in [3.8, 4) is 102 Å². The van der Waals surface area contributed by atoms with Crippen molar-refractivity contribution in [2.45, 2.75) is 0 Å². The summed E-state index contributed by atoms with van der Waals surface area (Å²) in [6, 6.07) is 165. The van der Waals surface area contributed by atoms with Crippen LogP contribution in [0, 0.1) is 0 Å². The highest BCUT2D eigenvalue weighted by Gasteiger charge is 2.28. The van der Waals surface area contributed by atoms with Gasteiger partial charge in [0.25, 0.3) is 0 Å². The SMILES string of the molecule is c1ccc(-c2cccc(-c3nc(-c4ccc5oc6ccccc6c5c4)cc(-n4c5ccccc5c5cc6sc7ccccc7c6cc54)n3)c2)cc1.c1ccc(-c2nc(-c3ccc4c(c3)oc3ccccc34)cc(-n3c4ccccc4c4cc5oc6ccccc6c5cc43)n2)cc1.c1ccc(-c2nc(-c3ccc4oc5ccccc5c4c3)cc(-n3c4ccccc4c4c3ccc3c5ccccc5n(-c5ccccc5)c34)n2)cc1. The second-order valence-corrected chi connectivity index (χ2v) is 38.5. The Kier molecular flexibility index (Phi) is 18.9. The zero-order valence-electron chi connectivity index (χ0n) is 78.5. The van der Waals surface area contributed by atoms with E-state index in [0.29, 0.717) is 17.5 Å². The van der Waals surface area contributed by atoms with E-state index >= 15 is 0 Å². The maximum absolute atomic E-state index is 6.29. The molecule has 0 N–H and O–H groups in total. The lowest BCUT2D eigenvalue weighted by atomic mass is 10.0. The lowest BCUT2D eigenvalue weighted by Gasteiger charge is -2.13. The number of para-hydroxylation sites is 9. The maximum Gasteiger partial charge on any atom is 0.162 e. The number of furan rings is 4. The lowest BCUT2D eigenvalue weighted by molar-refractivity contribution is 0.668. The molecule has 686 valence electrons. The zero-order chi connectivity index (χ0) is 96.4. The molecule has 0 aliphatic heterocycles. The van der Waals surface area contributed by atoms with Crippen LogP contribution in [0.2, 0.25) is 0 Å². The molecule has 0 saturated carbocycles. The van der Waals surface area contributed by atoms with Crippen molar-refractivity contribution in [3.05, 3.63) is 473 Å². The first-order chi connectivity index (χ1) is 72.8. The predicted molar refractivity (Wildman–Crippen MR) is 604 cm³/mol. The highest BCUT2D eigenvalue weighted by atomic mass is 32.1. The number of hydrogen-bond acceptors (Lipinski definition) is 11. The molecule has 0 amide bonds. The molecule has 0 aliphatic rings. The van der Waals surface area contributed by atoms with Gasteiger partial charge in [0.15, 0.2) is 17.5 Å². The van der Waals surface area contributed by atoms with Crippen molar-refractivity contribution < 1.29 is 17.7 Å². The highest BCUT2D eigenvalue weighted by Crippen LogP contribution is 2.48. The molecule has 32 rings (SSSR count). The minimum absolute atomic E-state index is 0.661. The fraction of sp³-hybridized carbons (Fsp3) is 0. The molecular formula is C132H78N10O4S. The van der Waals surface area contributed by atoms with Crippen molar-refractivity contribution in [2.24, 2.45) is 0 Å². The Morgan fingerprint density at radius 3 is 1.05 bits per heavy atom. The van der Waals surface area contributed by atoms with Crippen LogP contribution in [0.4, 0.5) is 0 Å². The fourth-order valence-corrected chi connectivity index (χ4v) is 23.4. The van der Waals surface area contributed by atoms with Gasteiger partial charge >= 0.3 is 0 Å². The van der Waals surface area contributed by atoms with E-state index in [0.717, 1.165) is 216 Å². The molecule has 0 unspecified atom stereocenters. The van der Waals surface area contributed by atoms with Gasteiger partial charge < -0.3 is 22.2 Å². The molecule has 0 atom stereocenters. The van der Waals surface area contributed by atoms with Crippen LogP contribution in [-0.4, -0.2) is 48.2 Å². The Labute approximate surface area is 841 Å². The van der Waals surface area contributed by atoms with Gasteiger partial charge in [-0.15, -0.1) is 11.3 Å². The van der Waals surface area contributed by atoms with E-state index in [1.54, 1.807) is 0 Å². The van der Waals surface area contributed by atoms with Gasteiger partial charge in [-0.3, -0.25) is 13.7 Å². The highest BCUT2D eigenvalue weighted by molar-refractivity contribution is 7.25. The summed E-state index contributed by atoms with van der Waals surface area (Å²) in [5, 5.41) is 20.7. The monoisotopic (exact) mass is 1900 g/mol. The molecule has 0 radical (unpaired) electrons. The first-order valence-corrected chi connectivity index (χ1v) is 50.1. The van der Waals surface area contributed by atoms with Gasteiger partial charge in [-0.05, 0) is 163 Å². The van der Waals surface area contributed by atoms with Gasteiger partial charge in [-0.25, -0.2) is 29.9 Å². The van der Waals surface area contributed by atoms with Gasteiger partial charge in [0.1, 0.15) is 62.1 Å². The number of rotatable bonds is 11. The first-order valence-electron chi connectivity index (χ1n) is 49.2. The molecule has 0 spiro atoms. The number of nitrogens with zero attached hydrogens (tertiary/aromatic N) is 10. The molecule has 0 saturated heterocycles. The third kappa shape index (κ3) is 13.7. The summed E-state index contributed by atoms with van der Waals surface area (Å²) in [4.78, 5) is 31.5. The van der Waals surface area contributed by atoms with Crippen molar-refractivity contribution in [1.29, 1.82) is 0 Å². The summed E-state index contributed by atoms with van der Waals surface area (Å²) in [6.45, 7) is 0. The second kappa shape index (κ2) is 33.5. The first kappa shape index (κ1) is 83.1. The van der Waals surface area contributed by atoms with Crippen LogP contribution in [0.3, 0.4) is 0 Å². The molecule has 20 aromatic carbocycles. The maximum atomic E-state index is 6.29. The van der Waals surface area contributed by atoms with Crippen molar-refractivity contribution in [2.75, 3.05) is 0 Å². The number of benzene rings is 20. The largest absolute Gasteiger partial charge is 0.456 e. The van der Waals surface area contributed by atoms with E-state index in [-0.39, 0.29) is 0 Å². The number of fused-ring (bicyclic) bond motifs is 28. The van der Waals surface area contributed by atoms with Gasteiger partial charge in [0, 0.05) is 164 Å². The Balaban J connectivity index is 0.000000102. The van der Waals surface area contributed by atoms with E-state index in [9.17, 15) is 0 Å². The third-order valence-corrected chi connectivity index (χ3v) is 30.1. The summed E-state index contributed by atoms with van der Waals surface area (Å²) >= 11 is 1.85. The molecule has 12 heterocycles. The molecule has 14 nitrogen and oxygen atoms in total. The topological polar surface area (TPSA) is 150 Å².